The monoisotopic (exact) mass is 356 g/mol. The third kappa shape index (κ3) is 2.39. The lowest BCUT2D eigenvalue weighted by Gasteiger charge is -2.24. The number of anilines is 1. The van der Waals surface area contributed by atoms with E-state index in [0.717, 1.165) is 12.1 Å². The van der Waals surface area contributed by atoms with Crippen LogP contribution in [0.5, 0.6) is 5.75 Å². The highest BCUT2D eigenvalue weighted by Gasteiger charge is 2.48. The van der Waals surface area contributed by atoms with Crippen LogP contribution in [-0.4, -0.2) is 18.0 Å². The zero-order valence-corrected chi connectivity index (χ0v) is 13.4. The van der Waals surface area contributed by atoms with E-state index in [9.17, 15) is 18.0 Å². The molecule has 0 bridgehead atoms. The average Bonchev–Trinajstić information content (AvgIpc) is 2.78. The highest BCUT2D eigenvalue weighted by Crippen LogP contribution is 2.46. The van der Waals surface area contributed by atoms with Crippen LogP contribution in [-0.2, 0) is 16.4 Å². The van der Waals surface area contributed by atoms with Gasteiger partial charge in [0.15, 0.2) is 0 Å². The fourth-order valence-corrected chi connectivity index (χ4v) is 2.96. The highest BCUT2D eigenvalue weighted by molar-refractivity contribution is 6.29. The molecule has 1 aromatic heterocycles. The number of ether oxygens (including phenoxy) is 1. The zero-order chi connectivity index (χ0) is 17.7. The van der Waals surface area contributed by atoms with Gasteiger partial charge in [-0.05, 0) is 36.8 Å². The molecular formula is C16H12ClF3N2O2. The second kappa shape index (κ2) is 5.37. The van der Waals surface area contributed by atoms with E-state index in [2.05, 4.69) is 10.3 Å². The molecule has 0 radical (unpaired) electrons. The molecule has 0 fully saturated rings. The third-order valence-electron chi connectivity index (χ3n) is 4.11. The minimum atomic E-state index is -4.50. The van der Waals surface area contributed by atoms with Crippen molar-refractivity contribution in [2.75, 3.05) is 12.4 Å². The molecule has 8 heteroatoms. The Morgan fingerprint density at radius 2 is 1.96 bits per heavy atom. The standard InChI is InChI=1S/C16H12ClF3N2O2/c1-15(13-11(24-2)5-6-12(17)22-13)9-4-3-8(16(18,19)20)7-10(9)21-14(15)23/h3-7H,1-2H3,(H,21,23). The number of nitrogens with zero attached hydrogens (tertiary/aromatic N) is 1. The highest BCUT2D eigenvalue weighted by atomic mass is 35.5. The number of halogens is 4. The van der Waals surface area contributed by atoms with Crippen molar-refractivity contribution >= 4 is 23.2 Å². The number of pyridine rings is 1. The number of hydrogen-bond acceptors (Lipinski definition) is 3. The molecule has 4 nitrogen and oxygen atoms in total. The summed E-state index contributed by atoms with van der Waals surface area (Å²) in [6.07, 6.45) is -4.50. The maximum atomic E-state index is 12.9. The van der Waals surface area contributed by atoms with E-state index >= 15 is 0 Å². The summed E-state index contributed by atoms with van der Waals surface area (Å²) in [5.41, 5.74) is -1.42. The molecule has 1 atom stereocenters. The van der Waals surface area contributed by atoms with Crippen LogP contribution < -0.4 is 10.1 Å². The molecule has 2 aromatic rings. The van der Waals surface area contributed by atoms with Crippen molar-refractivity contribution in [2.24, 2.45) is 0 Å². The first kappa shape index (κ1) is 16.6. The fourth-order valence-electron chi connectivity index (χ4n) is 2.81. The van der Waals surface area contributed by atoms with Crippen LogP contribution >= 0.6 is 11.6 Å². The number of benzene rings is 1. The second-order valence-electron chi connectivity index (χ2n) is 5.52. The van der Waals surface area contributed by atoms with E-state index in [1.807, 2.05) is 0 Å². The molecule has 0 saturated carbocycles. The van der Waals surface area contributed by atoms with E-state index in [-0.39, 0.29) is 16.5 Å². The summed E-state index contributed by atoms with van der Waals surface area (Å²) in [6.45, 7) is 1.57. The Hall–Kier alpha value is -2.28. The molecule has 0 aliphatic carbocycles. The quantitative estimate of drug-likeness (QED) is 0.827. The minimum absolute atomic E-state index is 0.0983. The maximum Gasteiger partial charge on any atom is 0.416 e. The first-order valence-corrected chi connectivity index (χ1v) is 7.30. The van der Waals surface area contributed by atoms with E-state index in [1.165, 1.54) is 19.2 Å². The molecule has 126 valence electrons. The largest absolute Gasteiger partial charge is 0.495 e. The molecule has 1 N–H and O–H groups in total. The van der Waals surface area contributed by atoms with Crippen molar-refractivity contribution in [3.8, 4) is 5.75 Å². The van der Waals surface area contributed by atoms with Gasteiger partial charge in [-0.15, -0.1) is 0 Å². The number of amides is 1. The van der Waals surface area contributed by atoms with Gasteiger partial charge in [0, 0.05) is 5.69 Å². The SMILES string of the molecule is COc1ccc(Cl)nc1C1(C)C(=O)Nc2cc(C(F)(F)F)ccc21. The van der Waals surface area contributed by atoms with Gasteiger partial charge < -0.3 is 10.1 Å². The summed E-state index contributed by atoms with van der Waals surface area (Å²) in [6, 6.07) is 6.20. The number of rotatable bonds is 2. The van der Waals surface area contributed by atoms with Gasteiger partial charge in [0.2, 0.25) is 5.91 Å². The van der Waals surface area contributed by atoms with Gasteiger partial charge in [0.1, 0.15) is 22.0 Å². The number of fused-ring (bicyclic) bond motifs is 1. The second-order valence-corrected chi connectivity index (χ2v) is 5.91. The topological polar surface area (TPSA) is 51.2 Å². The Labute approximate surface area is 140 Å². The van der Waals surface area contributed by atoms with Gasteiger partial charge >= 0.3 is 6.18 Å². The third-order valence-corrected chi connectivity index (χ3v) is 4.32. The van der Waals surface area contributed by atoms with Crippen LogP contribution in [0.3, 0.4) is 0 Å². The summed E-state index contributed by atoms with van der Waals surface area (Å²) in [4.78, 5) is 16.7. The molecular weight excluding hydrogens is 345 g/mol. The molecule has 1 aromatic carbocycles. The van der Waals surface area contributed by atoms with Gasteiger partial charge in [0.25, 0.3) is 0 Å². The van der Waals surface area contributed by atoms with E-state index in [1.54, 1.807) is 13.0 Å². The van der Waals surface area contributed by atoms with Crippen LogP contribution in [0.4, 0.5) is 18.9 Å². The summed E-state index contributed by atoms with van der Waals surface area (Å²) < 4.78 is 43.9. The van der Waals surface area contributed by atoms with Gasteiger partial charge in [0.05, 0.1) is 12.7 Å². The van der Waals surface area contributed by atoms with Crippen molar-refractivity contribution in [1.82, 2.24) is 4.98 Å². The van der Waals surface area contributed by atoms with Crippen LogP contribution in [0.25, 0.3) is 0 Å². The Bertz CT molecular complexity index is 839. The number of alkyl halides is 3. The molecule has 1 amide bonds. The molecule has 1 aliphatic rings. The molecule has 2 heterocycles. The minimum Gasteiger partial charge on any atom is -0.495 e. The lowest BCUT2D eigenvalue weighted by Crippen LogP contribution is -2.33. The number of carbonyl (C=O) groups excluding carboxylic acids is 1. The first-order chi connectivity index (χ1) is 11.2. The van der Waals surface area contributed by atoms with Crippen molar-refractivity contribution in [3.05, 3.63) is 52.3 Å². The smallest absolute Gasteiger partial charge is 0.416 e. The summed E-state index contributed by atoms with van der Waals surface area (Å²) in [7, 11) is 1.41. The lowest BCUT2D eigenvalue weighted by molar-refractivity contribution is -0.137. The van der Waals surface area contributed by atoms with Crippen LogP contribution in [0.15, 0.2) is 30.3 Å². The molecule has 1 aliphatic heterocycles. The van der Waals surface area contributed by atoms with E-state index in [0.29, 0.717) is 11.3 Å². The molecule has 24 heavy (non-hydrogen) atoms. The Morgan fingerprint density at radius 3 is 2.58 bits per heavy atom. The number of hydrogen-bond donors (Lipinski definition) is 1. The molecule has 3 rings (SSSR count). The van der Waals surface area contributed by atoms with E-state index in [4.69, 9.17) is 16.3 Å². The predicted molar refractivity (Wildman–Crippen MR) is 82.3 cm³/mol. The first-order valence-electron chi connectivity index (χ1n) is 6.92. The van der Waals surface area contributed by atoms with Crippen LogP contribution in [0, 0.1) is 0 Å². The normalized spacial score (nSPS) is 19.8. The summed E-state index contributed by atoms with van der Waals surface area (Å²) >= 11 is 5.93. The van der Waals surface area contributed by atoms with Crippen LogP contribution in [0.2, 0.25) is 5.15 Å². The fraction of sp³-hybridized carbons (Fsp3) is 0.250. The lowest BCUT2D eigenvalue weighted by atomic mass is 9.79. The number of aromatic nitrogens is 1. The van der Waals surface area contributed by atoms with Crippen molar-refractivity contribution in [1.29, 1.82) is 0 Å². The van der Waals surface area contributed by atoms with Gasteiger partial charge in [-0.2, -0.15) is 13.2 Å². The van der Waals surface area contributed by atoms with Gasteiger partial charge in [-0.25, -0.2) is 4.98 Å². The molecule has 0 spiro atoms. The number of carbonyl (C=O) groups is 1. The molecule has 1 unspecified atom stereocenters. The van der Waals surface area contributed by atoms with Gasteiger partial charge in [-0.1, -0.05) is 17.7 Å². The molecule has 0 saturated heterocycles. The van der Waals surface area contributed by atoms with E-state index < -0.39 is 23.1 Å². The zero-order valence-electron chi connectivity index (χ0n) is 12.7. The van der Waals surface area contributed by atoms with Gasteiger partial charge in [-0.3, -0.25) is 4.79 Å². The summed E-state index contributed by atoms with van der Waals surface area (Å²) in [5, 5.41) is 2.65. The number of nitrogens with one attached hydrogen (secondary N) is 1. The number of methoxy groups -OCH3 is 1. The van der Waals surface area contributed by atoms with Crippen molar-refractivity contribution < 1.29 is 22.7 Å². The summed E-state index contributed by atoms with van der Waals surface area (Å²) in [5.74, 6) is -0.172. The van der Waals surface area contributed by atoms with Crippen molar-refractivity contribution in [2.45, 2.75) is 18.5 Å². The maximum absolute atomic E-state index is 12.9. The Morgan fingerprint density at radius 1 is 1.25 bits per heavy atom. The Balaban J connectivity index is 2.21. The predicted octanol–water partition coefficient (Wildman–Crippen LogP) is 4.02. The van der Waals surface area contributed by atoms with Crippen molar-refractivity contribution in [3.63, 3.8) is 0 Å². The average molecular weight is 357 g/mol. The van der Waals surface area contributed by atoms with Crippen LogP contribution in [0.1, 0.15) is 23.7 Å². The Kier molecular flexibility index (Phi) is 3.71.